The zero-order valence-electron chi connectivity index (χ0n) is 11.7. The van der Waals surface area contributed by atoms with Gasteiger partial charge in [0, 0.05) is 31.2 Å². The summed E-state index contributed by atoms with van der Waals surface area (Å²) < 4.78 is 5.47. The number of nitrogens with zero attached hydrogens (tertiary/aromatic N) is 1. The molecular weight excluding hydrogens is 226 g/mol. The van der Waals surface area contributed by atoms with Gasteiger partial charge in [0.15, 0.2) is 0 Å². The van der Waals surface area contributed by atoms with Gasteiger partial charge >= 0.3 is 0 Å². The molecule has 3 heteroatoms. The third kappa shape index (κ3) is 1.78. The molecule has 0 bridgehead atoms. The van der Waals surface area contributed by atoms with Crippen molar-refractivity contribution in [3.05, 3.63) is 0 Å². The van der Waals surface area contributed by atoms with E-state index in [1.165, 1.54) is 19.3 Å². The van der Waals surface area contributed by atoms with E-state index in [9.17, 15) is 4.79 Å². The summed E-state index contributed by atoms with van der Waals surface area (Å²) in [5.41, 5.74) is 0.303. The van der Waals surface area contributed by atoms with Crippen molar-refractivity contribution in [1.82, 2.24) is 4.90 Å². The summed E-state index contributed by atoms with van der Waals surface area (Å²) in [7, 11) is 0. The lowest BCUT2D eigenvalue weighted by Gasteiger charge is -2.52. The molecule has 3 rings (SSSR count). The maximum Gasteiger partial charge on any atom is 0.226 e. The lowest BCUT2D eigenvalue weighted by atomic mass is 9.56. The Kier molecular flexibility index (Phi) is 3.13. The summed E-state index contributed by atoms with van der Waals surface area (Å²) in [6.45, 7) is 6.12. The monoisotopic (exact) mass is 251 g/mol. The van der Waals surface area contributed by atoms with E-state index < -0.39 is 0 Å². The number of amides is 1. The second kappa shape index (κ2) is 4.52. The van der Waals surface area contributed by atoms with Gasteiger partial charge in [0.25, 0.3) is 0 Å². The Labute approximate surface area is 110 Å². The summed E-state index contributed by atoms with van der Waals surface area (Å²) >= 11 is 0. The molecule has 2 aliphatic heterocycles. The minimum absolute atomic E-state index is 0.296. The molecule has 1 aliphatic carbocycles. The fraction of sp³-hybridized carbons (Fsp3) is 0.933. The van der Waals surface area contributed by atoms with Crippen LogP contribution in [0.5, 0.6) is 0 Å². The number of carbonyl (C=O) groups is 1. The zero-order valence-corrected chi connectivity index (χ0v) is 11.7. The van der Waals surface area contributed by atoms with Gasteiger partial charge in [-0.2, -0.15) is 0 Å². The van der Waals surface area contributed by atoms with Gasteiger partial charge in [0.1, 0.15) is 0 Å². The average molecular weight is 251 g/mol. The van der Waals surface area contributed by atoms with Crippen molar-refractivity contribution in [3.8, 4) is 0 Å². The fourth-order valence-electron chi connectivity index (χ4n) is 4.27. The SMILES string of the molecule is CC1CC[C@@H](C)N1C(=O)C1CCC12CCOCC2. The van der Waals surface area contributed by atoms with Gasteiger partial charge < -0.3 is 9.64 Å². The standard InChI is InChI=1S/C15H25NO2/c1-11-3-4-12(2)16(11)14(17)13-5-6-15(13)7-9-18-10-8-15/h11-13H,3-10H2,1-2H3/t11-,12?,13?/m1/s1. The van der Waals surface area contributed by atoms with Crippen LogP contribution in [0.4, 0.5) is 0 Å². The molecular formula is C15H25NO2. The summed E-state index contributed by atoms with van der Waals surface area (Å²) in [5.74, 6) is 0.741. The topological polar surface area (TPSA) is 29.5 Å². The van der Waals surface area contributed by atoms with Crippen molar-refractivity contribution in [1.29, 1.82) is 0 Å². The molecule has 1 spiro atoms. The van der Waals surface area contributed by atoms with Crippen molar-refractivity contribution in [3.63, 3.8) is 0 Å². The number of hydrogen-bond acceptors (Lipinski definition) is 2. The molecule has 0 aromatic carbocycles. The highest BCUT2D eigenvalue weighted by atomic mass is 16.5. The Hall–Kier alpha value is -0.570. The lowest BCUT2D eigenvalue weighted by molar-refractivity contribution is -0.157. The highest BCUT2D eigenvalue weighted by Crippen LogP contribution is 2.54. The van der Waals surface area contributed by atoms with Crippen LogP contribution in [0, 0.1) is 11.3 Å². The molecule has 2 unspecified atom stereocenters. The van der Waals surface area contributed by atoms with E-state index in [0.717, 1.165) is 32.5 Å². The number of likely N-dealkylation sites (tertiary alicyclic amines) is 1. The maximum absolute atomic E-state index is 12.8. The Balaban J connectivity index is 1.72. The number of ether oxygens (including phenoxy) is 1. The van der Waals surface area contributed by atoms with Crippen molar-refractivity contribution in [2.24, 2.45) is 11.3 Å². The Morgan fingerprint density at radius 2 is 1.67 bits per heavy atom. The highest BCUT2D eigenvalue weighted by molar-refractivity contribution is 5.81. The normalized spacial score (nSPS) is 38.8. The van der Waals surface area contributed by atoms with Gasteiger partial charge in [0.05, 0.1) is 0 Å². The number of hydrogen-bond donors (Lipinski definition) is 0. The second-order valence-electron chi connectivity index (χ2n) is 6.59. The minimum Gasteiger partial charge on any atom is -0.381 e. The molecule has 102 valence electrons. The summed E-state index contributed by atoms with van der Waals surface area (Å²) in [6, 6.07) is 0.898. The molecule has 2 saturated heterocycles. The third-order valence-electron chi connectivity index (χ3n) is 5.66. The van der Waals surface area contributed by atoms with Gasteiger partial charge in [-0.15, -0.1) is 0 Å². The van der Waals surface area contributed by atoms with Crippen LogP contribution < -0.4 is 0 Å². The fourth-order valence-corrected chi connectivity index (χ4v) is 4.27. The molecule has 3 nitrogen and oxygen atoms in total. The highest BCUT2D eigenvalue weighted by Gasteiger charge is 2.53. The summed E-state index contributed by atoms with van der Waals surface area (Å²) in [6.07, 6.45) is 6.89. The maximum atomic E-state index is 12.8. The van der Waals surface area contributed by atoms with Crippen molar-refractivity contribution >= 4 is 5.91 Å². The molecule has 0 radical (unpaired) electrons. The lowest BCUT2D eigenvalue weighted by Crippen LogP contribution is -2.54. The zero-order chi connectivity index (χ0) is 12.8. The largest absolute Gasteiger partial charge is 0.381 e. The molecule has 1 saturated carbocycles. The molecule has 0 aromatic rings. The van der Waals surface area contributed by atoms with E-state index in [2.05, 4.69) is 18.7 Å². The number of carbonyl (C=O) groups excluding carboxylic acids is 1. The van der Waals surface area contributed by atoms with Crippen LogP contribution in [-0.4, -0.2) is 36.1 Å². The second-order valence-corrected chi connectivity index (χ2v) is 6.59. The van der Waals surface area contributed by atoms with E-state index in [-0.39, 0.29) is 0 Å². The predicted octanol–water partition coefficient (Wildman–Crippen LogP) is 2.59. The van der Waals surface area contributed by atoms with E-state index in [0.29, 0.717) is 29.3 Å². The molecule has 3 atom stereocenters. The Morgan fingerprint density at radius 1 is 1.06 bits per heavy atom. The van der Waals surface area contributed by atoms with Crippen LogP contribution in [-0.2, 0) is 9.53 Å². The molecule has 3 aliphatic rings. The molecule has 0 N–H and O–H groups in total. The van der Waals surface area contributed by atoms with Crippen molar-refractivity contribution in [2.75, 3.05) is 13.2 Å². The first-order chi connectivity index (χ1) is 8.64. The van der Waals surface area contributed by atoms with Crippen molar-refractivity contribution < 1.29 is 9.53 Å². The third-order valence-corrected chi connectivity index (χ3v) is 5.66. The van der Waals surface area contributed by atoms with Crippen LogP contribution in [0.3, 0.4) is 0 Å². The first-order valence-corrected chi connectivity index (χ1v) is 7.54. The van der Waals surface area contributed by atoms with Crippen LogP contribution in [0.1, 0.15) is 52.4 Å². The number of rotatable bonds is 1. The minimum atomic E-state index is 0.296. The van der Waals surface area contributed by atoms with Gasteiger partial charge in [-0.25, -0.2) is 0 Å². The first-order valence-electron chi connectivity index (χ1n) is 7.54. The Bertz CT molecular complexity index is 325. The Morgan fingerprint density at radius 3 is 2.17 bits per heavy atom. The van der Waals surface area contributed by atoms with Gasteiger partial charge in [-0.05, 0) is 57.8 Å². The van der Waals surface area contributed by atoms with Crippen LogP contribution in [0.2, 0.25) is 0 Å². The van der Waals surface area contributed by atoms with Gasteiger partial charge in [-0.1, -0.05) is 0 Å². The quantitative estimate of drug-likeness (QED) is 0.717. The van der Waals surface area contributed by atoms with E-state index >= 15 is 0 Å². The first kappa shape index (κ1) is 12.5. The van der Waals surface area contributed by atoms with E-state index in [4.69, 9.17) is 4.74 Å². The smallest absolute Gasteiger partial charge is 0.226 e. The summed E-state index contributed by atoms with van der Waals surface area (Å²) in [5, 5.41) is 0. The van der Waals surface area contributed by atoms with Gasteiger partial charge in [0.2, 0.25) is 5.91 Å². The van der Waals surface area contributed by atoms with Crippen LogP contribution in [0.15, 0.2) is 0 Å². The molecule has 2 heterocycles. The molecule has 1 amide bonds. The molecule has 18 heavy (non-hydrogen) atoms. The van der Waals surface area contributed by atoms with Crippen molar-refractivity contribution in [2.45, 2.75) is 64.5 Å². The average Bonchev–Trinajstić information content (AvgIpc) is 2.68. The molecule has 0 aromatic heterocycles. The molecule has 3 fully saturated rings. The van der Waals surface area contributed by atoms with E-state index in [1.807, 2.05) is 0 Å². The van der Waals surface area contributed by atoms with Crippen LogP contribution in [0.25, 0.3) is 0 Å². The predicted molar refractivity (Wildman–Crippen MR) is 70.2 cm³/mol. The van der Waals surface area contributed by atoms with Crippen LogP contribution >= 0.6 is 0 Å². The van der Waals surface area contributed by atoms with Gasteiger partial charge in [-0.3, -0.25) is 4.79 Å². The van der Waals surface area contributed by atoms with E-state index in [1.54, 1.807) is 0 Å². The summed E-state index contributed by atoms with van der Waals surface area (Å²) in [4.78, 5) is 15.0.